The number of hydrogen-bond acceptors (Lipinski definition) is 2. The molecule has 15 heavy (non-hydrogen) atoms. The van der Waals surface area contributed by atoms with Crippen LogP contribution in [0.1, 0.15) is 18.9 Å². The second-order valence-electron chi connectivity index (χ2n) is 3.27. The average molecular weight is 221 g/mol. The molecule has 81 valence electrons. The van der Waals surface area contributed by atoms with Crippen LogP contribution < -0.4 is 9.47 Å². The molecule has 0 heterocycles. The Kier molecular flexibility index (Phi) is 5.25. The Bertz CT molecular complexity index is 300. The minimum Gasteiger partial charge on any atom is -0.493 e. The first-order valence-electron chi connectivity index (χ1n) is 5.26. The number of rotatable bonds is 6. The van der Waals surface area contributed by atoms with Crippen LogP contribution in [0.5, 0.6) is 11.5 Å². The van der Waals surface area contributed by atoms with Crippen molar-refractivity contribution in [3.63, 3.8) is 0 Å². The van der Waals surface area contributed by atoms with E-state index in [4.69, 9.17) is 9.47 Å². The maximum absolute atomic E-state index is 5.45. The van der Waals surface area contributed by atoms with Crippen molar-refractivity contribution in [1.82, 2.24) is 0 Å². The van der Waals surface area contributed by atoms with Gasteiger partial charge in [0.2, 0.25) is 0 Å². The van der Waals surface area contributed by atoms with Gasteiger partial charge in [0.1, 0.15) is 0 Å². The van der Waals surface area contributed by atoms with Crippen molar-refractivity contribution >= 4 is 10.2 Å². The van der Waals surface area contributed by atoms with Gasteiger partial charge in [-0.1, -0.05) is 18.5 Å². The molecular formula is C12H17O2Si. The largest absolute Gasteiger partial charge is 0.493 e. The summed E-state index contributed by atoms with van der Waals surface area (Å²) in [6, 6.07) is 7.14. The van der Waals surface area contributed by atoms with Gasteiger partial charge in [-0.25, -0.2) is 0 Å². The van der Waals surface area contributed by atoms with Crippen LogP contribution in [0.4, 0.5) is 0 Å². The molecule has 0 aliphatic carbocycles. The van der Waals surface area contributed by atoms with Crippen LogP contribution in [0.25, 0.3) is 0 Å². The lowest BCUT2D eigenvalue weighted by atomic mass is 10.1. The molecule has 1 rings (SSSR count). The Morgan fingerprint density at radius 3 is 2.67 bits per heavy atom. The Morgan fingerprint density at radius 1 is 1.27 bits per heavy atom. The fourth-order valence-electron chi connectivity index (χ4n) is 1.43. The molecule has 0 saturated carbocycles. The molecule has 2 nitrogen and oxygen atoms in total. The minimum absolute atomic E-state index is 0.664. The van der Waals surface area contributed by atoms with Crippen molar-refractivity contribution in [3.05, 3.63) is 23.8 Å². The van der Waals surface area contributed by atoms with E-state index in [2.05, 4.69) is 16.3 Å². The minimum atomic E-state index is 0.664. The number of benzene rings is 1. The molecule has 0 aliphatic rings. The zero-order valence-electron chi connectivity index (χ0n) is 9.38. The van der Waals surface area contributed by atoms with Crippen molar-refractivity contribution in [2.45, 2.75) is 25.8 Å². The zero-order valence-corrected chi connectivity index (χ0v) is 10.4. The van der Waals surface area contributed by atoms with E-state index in [9.17, 15) is 0 Å². The lowest BCUT2D eigenvalue weighted by Crippen LogP contribution is -1.96. The topological polar surface area (TPSA) is 18.5 Å². The Hall–Kier alpha value is -0.963. The van der Waals surface area contributed by atoms with E-state index in [0.717, 1.165) is 30.4 Å². The zero-order chi connectivity index (χ0) is 11.1. The van der Waals surface area contributed by atoms with Gasteiger partial charge in [0.05, 0.1) is 13.7 Å². The SMILES string of the molecule is CCOc1ccc(CCC[Si])cc1OC. The number of ether oxygens (including phenoxy) is 2. The van der Waals surface area contributed by atoms with Gasteiger partial charge >= 0.3 is 0 Å². The molecule has 3 radical (unpaired) electrons. The highest BCUT2D eigenvalue weighted by Crippen LogP contribution is 2.28. The van der Waals surface area contributed by atoms with Crippen molar-refractivity contribution < 1.29 is 9.47 Å². The highest BCUT2D eigenvalue weighted by Gasteiger charge is 2.04. The van der Waals surface area contributed by atoms with Crippen molar-refractivity contribution in [2.75, 3.05) is 13.7 Å². The van der Waals surface area contributed by atoms with Gasteiger partial charge in [-0.15, -0.1) is 0 Å². The Balaban J connectivity index is 2.77. The molecular weight excluding hydrogens is 204 g/mol. The molecule has 0 saturated heterocycles. The molecule has 0 spiro atoms. The van der Waals surface area contributed by atoms with Gasteiger partial charge in [0.25, 0.3) is 0 Å². The summed E-state index contributed by atoms with van der Waals surface area (Å²) in [6.07, 6.45) is 2.19. The Morgan fingerprint density at radius 2 is 2.07 bits per heavy atom. The number of aryl methyl sites for hydroxylation is 1. The molecule has 1 aromatic carbocycles. The summed E-state index contributed by atoms with van der Waals surface area (Å²) in [5.41, 5.74) is 1.29. The third kappa shape index (κ3) is 3.59. The van der Waals surface area contributed by atoms with E-state index in [1.807, 2.05) is 19.1 Å². The lowest BCUT2D eigenvalue weighted by Gasteiger charge is -2.10. The maximum atomic E-state index is 5.45. The summed E-state index contributed by atoms with van der Waals surface area (Å²) in [5.74, 6) is 1.64. The molecule has 0 aliphatic heterocycles. The predicted molar refractivity (Wildman–Crippen MR) is 63.0 cm³/mol. The molecule has 0 bridgehead atoms. The van der Waals surface area contributed by atoms with Crippen molar-refractivity contribution in [3.8, 4) is 11.5 Å². The van der Waals surface area contributed by atoms with Crippen LogP contribution in [0, 0.1) is 0 Å². The standard InChI is InChI=1S/C12H17O2Si/c1-3-14-11-7-6-10(5-4-8-15)9-12(11)13-2/h6-7,9H,3-5,8H2,1-2H3. The van der Waals surface area contributed by atoms with E-state index in [-0.39, 0.29) is 0 Å². The van der Waals surface area contributed by atoms with Gasteiger partial charge in [0.15, 0.2) is 11.5 Å². The molecule has 1 aromatic rings. The van der Waals surface area contributed by atoms with Crippen molar-refractivity contribution in [2.24, 2.45) is 0 Å². The molecule has 0 atom stereocenters. The second kappa shape index (κ2) is 6.51. The van der Waals surface area contributed by atoms with E-state index >= 15 is 0 Å². The van der Waals surface area contributed by atoms with E-state index in [1.165, 1.54) is 5.56 Å². The summed E-state index contributed by atoms with van der Waals surface area (Å²) in [5, 5.41) is 0. The summed E-state index contributed by atoms with van der Waals surface area (Å²) >= 11 is 0. The van der Waals surface area contributed by atoms with Crippen LogP contribution >= 0.6 is 0 Å². The van der Waals surface area contributed by atoms with Gasteiger partial charge in [-0.2, -0.15) is 0 Å². The first-order valence-corrected chi connectivity index (χ1v) is 5.96. The first kappa shape index (κ1) is 12.1. The highest BCUT2D eigenvalue weighted by atomic mass is 28.1. The highest BCUT2D eigenvalue weighted by molar-refractivity contribution is 6.08. The number of methoxy groups -OCH3 is 1. The number of hydrogen-bond donors (Lipinski definition) is 0. The van der Waals surface area contributed by atoms with Crippen LogP contribution in [-0.2, 0) is 6.42 Å². The van der Waals surface area contributed by atoms with Gasteiger partial charge in [-0.05, 0) is 31.0 Å². The third-order valence-corrected chi connectivity index (χ3v) is 2.52. The molecule has 0 fully saturated rings. The summed E-state index contributed by atoms with van der Waals surface area (Å²) < 4.78 is 10.7. The molecule has 0 N–H and O–H groups in total. The normalized spacial score (nSPS) is 10.1. The van der Waals surface area contributed by atoms with Gasteiger partial charge in [0, 0.05) is 10.2 Å². The molecule has 0 amide bonds. The van der Waals surface area contributed by atoms with Crippen molar-refractivity contribution in [1.29, 1.82) is 0 Å². The smallest absolute Gasteiger partial charge is 0.161 e. The summed E-state index contributed by atoms with van der Waals surface area (Å²) in [4.78, 5) is 0. The average Bonchev–Trinajstić information content (AvgIpc) is 2.28. The maximum Gasteiger partial charge on any atom is 0.161 e. The van der Waals surface area contributed by atoms with Crippen LogP contribution in [0.2, 0.25) is 6.04 Å². The summed E-state index contributed by atoms with van der Waals surface area (Å²) in [6.45, 7) is 2.63. The van der Waals surface area contributed by atoms with E-state index in [1.54, 1.807) is 7.11 Å². The van der Waals surface area contributed by atoms with E-state index < -0.39 is 0 Å². The summed E-state index contributed by atoms with van der Waals surface area (Å²) in [7, 11) is 5.14. The Labute approximate surface area is 95.0 Å². The van der Waals surface area contributed by atoms with Crippen LogP contribution in [0.15, 0.2) is 18.2 Å². The molecule has 0 aromatic heterocycles. The molecule has 0 unspecified atom stereocenters. The fourth-order valence-corrected chi connectivity index (χ4v) is 1.61. The first-order chi connectivity index (χ1) is 7.31. The van der Waals surface area contributed by atoms with Crippen LogP contribution in [0.3, 0.4) is 0 Å². The van der Waals surface area contributed by atoms with Gasteiger partial charge < -0.3 is 9.47 Å². The second-order valence-corrected chi connectivity index (χ2v) is 3.77. The predicted octanol–water partition coefficient (Wildman–Crippen LogP) is 2.61. The van der Waals surface area contributed by atoms with E-state index in [0.29, 0.717) is 6.61 Å². The quantitative estimate of drug-likeness (QED) is 0.687. The fraction of sp³-hybridized carbons (Fsp3) is 0.500. The third-order valence-electron chi connectivity index (χ3n) is 2.17. The van der Waals surface area contributed by atoms with Gasteiger partial charge in [-0.3, -0.25) is 0 Å². The lowest BCUT2D eigenvalue weighted by molar-refractivity contribution is 0.310. The van der Waals surface area contributed by atoms with Crippen LogP contribution in [-0.4, -0.2) is 24.0 Å². The molecule has 3 heteroatoms. The monoisotopic (exact) mass is 221 g/mol.